The molecule has 0 bridgehead atoms. The highest BCUT2D eigenvalue weighted by atomic mass is 16.5. The second-order valence-corrected chi connectivity index (χ2v) is 3.84. The van der Waals surface area contributed by atoms with Gasteiger partial charge < -0.3 is 10.5 Å². The molecule has 0 aliphatic heterocycles. The predicted octanol–water partition coefficient (Wildman–Crippen LogP) is 1.98. The van der Waals surface area contributed by atoms with E-state index in [4.69, 9.17) is 10.5 Å². The first-order valence-electron chi connectivity index (χ1n) is 5.62. The first kappa shape index (κ1) is 10.7. The molecule has 0 aliphatic carbocycles. The largest absolute Gasteiger partial charge is 0.437 e. The highest BCUT2D eigenvalue weighted by Crippen LogP contribution is 2.23. The van der Waals surface area contributed by atoms with E-state index in [1.165, 1.54) is 0 Å². The summed E-state index contributed by atoms with van der Waals surface area (Å²) >= 11 is 0. The normalized spacial score (nSPS) is 10.7. The Labute approximate surface area is 104 Å². The van der Waals surface area contributed by atoms with Gasteiger partial charge in [0.1, 0.15) is 11.3 Å². The summed E-state index contributed by atoms with van der Waals surface area (Å²) in [6.45, 7) is 0.525. The van der Waals surface area contributed by atoms with E-state index >= 15 is 0 Å². The van der Waals surface area contributed by atoms with Gasteiger partial charge in [-0.25, -0.2) is 9.50 Å². The van der Waals surface area contributed by atoms with Crippen LogP contribution in [0.1, 0.15) is 5.56 Å². The van der Waals surface area contributed by atoms with Crippen LogP contribution in [-0.4, -0.2) is 14.6 Å². The Hall–Kier alpha value is -2.40. The zero-order valence-corrected chi connectivity index (χ0v) is 9.65. The predicted molar refractivity (Wildman–Crippen MR) is 67.4 cm³/mol. The minimum Gasteiger partial charge on any atom is -0.437 e. The number of hydrogen-bond acceptors (Lipinski definition) is 4. The van der Waals surface area contributed by atoms with Gasteiger partial charge in [-0.05, 0) is 23.8 Å². The lowest BCUT2D eigenvalue weighted by atomic mass is 10.2. The molecule has 2 heterocycles. The highest BCUT2D eigenvalue weighted by molar-refractivity contribution is 5.56. The van der Waals surface area contributed by atoms with E-state index in [9.17, 15) is 0 Å². The molecular weight excluding hydrogens is 228 g/mol. The van der Waals surface area contributed by atoms with E-state index in [1.54, 1.807) is 23.1 Å². The minimum atomic E-state index is 0.525. The zero-order chi connectivity index (χ0) is 12.4. The quantitative estimate of drug-likeness (QED) is 0.760. The van der Waals surface area contributed by atoms with Crippen molar-refractivity contribution >= 4 is 5.52 Å². The molecule has 3 rings (SSSR count). The SMILES string of the molecule is NCc1ccc(Oc2nccn3nccc23)cc1. The smallest absolute Gasteiger partial charge is 0.245 e. The maximum Gasteiger partial charge on any atom is 0.245 e. The van der Waals surface area contributed by atoms with Crippen molar-refractivity contribution in [2.75, 3.05) is 0 Å². The first-order valence-corrected chi connectivity index (χ1v) is 5.62. The van der Waals surface area contributed by atoms with Crippen molar-refractivity contribution in [3.63, 3.8) is 0 Å². The van der Waals surface area contributed by atoms with E-state index in [-0.39, 0.29) is 0 Å². The van der Waals surface area contributed by atoms with Crippen LogP contribution < -0.4 is 10.5 Å². The van der Waals surface area contributed by atoms with Crippen LogP contribution in [0.25, 0.3) is 5.52 Å². The summed E-state index contributed by atoms with van der Waals surface area (Å²) in [5, 5.41) is 4.13. The molecule has 1 aromatic carbocycles. The van der Waals surface area contributed by atoms with E-state index in [0.29, 0.717) is 12.4 Å². The number of fused-ring (bicyclic) bond motifs is 1. The van der Waals surface area contributed by atoms with Crippen LogP contribution in [0.3, 0.4) is 0 Å². The Kier molecular flexibility index (Phi) is 2.66. The molecular formula is C13H12N4O. The fraction of sp³-hybridized carbons (Fsp3) is 0.0769. The van der Waals surface area contributed by atoms with Crippen LogP contribution in [0.5, 0.6) is 11.6 Å². The Morgan fingerprint density at radius 3 is 2.72 bits per heavy atom. The summed E-state index contributed by atoms with van der Waals surface area (Å²) in [6, 6.07) is 9.49. The van der Waals surface area contributed by atoms with Gasteiger partial charge in [0.25, 0.3) is 0 Å². The van der Waals surface area contributed by atoms with E-state index in [0.717, 1.165) is 16.8 Å². The molecule has 0 aliphatic rings. The van der Waals surface area contributed by atoms with E-state index < -0.39 is 0 Å². The van der Waals surface area contributed by atoms with Crippen molar-refractivity contribution in [2.45, 2.75) is 6.54 Å². The molecule has 0 saturated carbocycles. The third-order valence-electron chi connectivity index (χ3n) is 2.66. The summed E-state index contributed by atoms with van der Waals surface area (Å²) in [6.07, 6.45) is 5.14. The van der Waals surface area contributed by atoms with Gasteiger partial charge in [-0.1, -0.05) is 12.1 Å². The Morgan fingerprint density at radius 2 is 1.94 bits per heavy atom. The van der Waals surface area contributed by atoms with Gasteiger partial charge in [0.2, 0.25) is 5.88 Å². The van der Waals surface area contributed by atoms with E-state index in [2.05, 4.69) is 10.1 Å². The van der Waals surface area contributed by atoms with Gasteiger partial charge in [-0.15, -0.1) is 0 Å². The number of rotatable bonds is 3. The van der Waals surface area contributed by atoms with Crippen molar-refractivity contribution in [2.24, 2.45) is 5.73 Å². The average molecular weight is 240 g/mol. The molecule has 18 heavy (non-hydrogen) atoms. The molecule has 0 atom stereocenters. The van der Waals surface area contributed by atoms with Crippen LogP contribution in [0.15, 0.2) is 48.9 Å². The summed E-state index contributed by atoms with van der Waals surface area (Å²) in [5.74, 6) is 1.27. The monoisotopic (exact) mass is 240 g/mol. The summed E-state index contributed by atoms with van der Waals surface area (Å²) < 4.78 is 7.46. The van der Waals surface area contributed by atoms with E-state index in [1.807, 2.05) is 30.3 Å². The van der Waals surface area contributed by atoms with Crippen LogP contribution in [0.4, 0.5) is 0 Å². The number of benzene rings is 1. The Morgan fingerprint density at radius 1 is 1.11 bits per heavy atom. The van der Waals surface area contributed by atoms with Gasteiger partial charge in [0.15, 0.2) is 0 Å². The fourth-order valence-electron chi connectivity index (χ4n) is 1.72. The average Bonchev–Trinajstić information content (AvgIpc) is 2.89. The molecule has 2 aromatic heterocycles. The number of hydrogen-bond donors (Lipinski definition) is 1. The standard InChI is InChI=1S/C13H12N4O/c14-9-10-1-3-11(4-2-10)18-13-12-5-6-16-17(12)8-7-15-13/h1-8H,9,14H2. The third kappa shape index (κ3) is 1.91. The molecule has 2 N–H and O–H groups in total. The summed E-state index contributed by atoms with van der Waals surface area (Å²) in [4.78, 5) is 4.21. The number of nitrogens with zero attached hydrogens (tertiary/aromatic N) is 3. The molecule has 90 valence electrons. The van der Waals surface area contributed by atoms with Gasteiger partial charge in [0.05, 0.1) is 6.20 Å². The maximum absolute atomic E-state index is 5.74. The van der Waals surface area contributed by atoms with Crippen LogP contribution in [0.2, 0.25) is 0 Å². The second kappa shape index (κ2) is 4.46. The Bertz CT molecular complexity index is 660. The second-order valence-electron chi connectivity index (χ2n) is 3.84. The van der Waals surface area contributed by atoms with Crippen molar-refractivity contribution < 1.29 is 4.74 Å². The van der Waals surface area contributed by atoms with Gasteiger partial charge in [-0.3, -0.25) is 0 Å². The fourth-order valence-corrected chi connectivity index (χ4v) is 1.72. The molecule has 0 fully saturated rings. The lowest BCUT2D eigenvalue weighted by Crippen LogP contribution is -1.96. The maximum atomic E-state index is 5.74. The van der Waals surface area contributed by atoms with Crippen LogP contribution in [-0.2, 0) is 6.54 Å². The van der Waals surface area contributed by atoms with Crippen molar-refractivity contribution in [1.29, 1.82) is 0 Å². The molecule has 0 saturated heterocycles. The van der Waals surface area contributed by atoms with Crippen molar-refractivity contribution in [1.82, 2.24) is 14.6 Å². The molecule has 0 unspecified atom stereocenters. The molecule has 0 spiro atoms. The molecule has 5 heteroatoms. The van der Waals surface area contributed by atoms with Gasteiger partial charge >= 0.3 is 0 Å². The number of aromatic nitrogens is 3. The molecule has 3 aromatic rings. The lowest BCUT2D eigenvalue weighted by molar-refractivity contribution is 0.465. The summed E-state index contributed by atoms with van der Waals surface area (Å²) in [7, 11) is 0. The molecule has 0 radical (unpaired) electrons. The third-order valence-corrected chi connectivity index (χ3v) is 2.66. The Balaban J connectivity index is 1.93. The lowest BCUT2D eigenvalue weighted by Gasteiger charge is -2.06. The van der Waals surface area contributed by atoms with Gasteiger partial charge in [0, 0.05) is 18.9 Å². The zero-order valence-electron chi connectivity index (χ0n) is 9.65. The minimum absolute atomic E-state index is 0.525. The topological polar surface area (TPSA) is 65.4 Å². The van der Waals surface area contributed by atoms with Gasteiger partial charge in [-0.2, -0.15) is 5.10 Å². The van der Waals surface area contributed by atoms with Crippen molar-refractivity contribution in [3.8, 4) is 11.6 Å². The summed E-state index contributed by atoms with van der Waals surface area (Å²) in [5.41, 5.74) is 7.45. The molecule has 5 nitrogen and oxygen atoms in total. The number of ether oxygens (including phenoxy) is 1. The molecule has 0 amide bonds. The van der Waals surface area contributed by atoms with Crippen molar-refractivity contribution in [3.05, 3.63) is 54.5 Å². The number of nitrogens with two attached hydrogens (primary N) is 1. The van der Waals surface area contributed by atoms with Crippen LogP contribution in [0, 0.1) is 0 Å². The van der Waals surface area contributed by atoms with Crippen LogP contribution >= 0.6 is 0 Å². The first-order chi connectivity index (χ1) is 8.86. The highest BCUT2D eigenvalue weighted by Gasteiger charge is 2.05.